The summed E-state index contributed by atoms with van der Waals surface area (Å²) in [6, 6.07) is 16.2. The average Bonchev–Trinajstić information content (AvgIpc) is 2.47. The fourth-order valence-electron chi connectivity index (χ4n) is 2.76. The molecule has 94 valence electrons. The molecule has 4 rings (SSSR count). The second kappa shape index (κ2) is 3.87. The molecule has 0 amide bonds. The van der Waals surface area contributed by atoms with E-state index in [2.05, 4.69) is 18.2 Å². The molecule has 20 heavy (non-hydrogen) atoms. The van der Waals surface area contributed by atoms with Crippen LogP contribution in [0.25, 0.3) is 33.7 Å². The van der Waals surface area contributed by atoms with E-state index in [1.165, 1.54) is 17.5 Å². The highest BCUT2D eigenvalue weighted by Crippen LogP contribution is 2.23. The third-order valence-corrected chi connectivity index (χ3v) is 3.76. The molecule has 1 aliphatic rings. The van der Waals surface area contributed by atoms with Gasteiger partial charge in [0.05, 0.1) is 0 Å². The minimum atomic E-state index is -0.447. The van der Waals surface area contributed by atoms with Gasteiger partial charge in [-0.3, -0.25) is 9.59 Å². The van der Waals surface area contributed by atoms with Crippen LogP contribution >= 0.6 is 0 Å². The Bertz CT molecular complexity index is 1030. The summed E-state index contributed by atoms with van der Waals surface area (Å²) in [7, 11) is 0. The largest absolute Gasteiger partial charge is 0.286 e. The number of carbonyl (C=O) groups is 2. The molecule has 0 radical (unpaired) electrons. The van der Waals surface area contributed by atoms with Crippen molar-refractivity contribution in [2.24, 2.45) is 0 Å². The predicted molar refractivity (Wildman–Crippen MR) is 79.6 cm³/mol. The second-order valence-electron chi connectivity index (χ2n) is 5.01. The van der Waals surface area contributed by atoms with Gasteiger partial charge in [-0.25, -0.2) is 0 Å². The average molecular weight is 258 g/mol. The predicted octanol–water partition coefficient (Wildman–Crippen LogP) is 1.71. The zero-order chi connectivity index (χ0) is 13.7. The van der Waals surface area contributed by atoms with E-state index in [1.54, 1.807) is 0 Å². The summed E-state index contributed by atoms with van der Waals surface area (Å²) in [5.74, 6) is -0.894. The second-order valence-corrected chi connectivity index (χ2v) is 5.01. The molecule has 0 unspecified atom stereocenters. The first-order valence-corrected chi connectivity index (χ1v) is 6.46. The zero-order valence-electron chi connectivity index (χ0n) is 10.6. The third-order valence-electron chi connectivity index (χ3n) is 3.76. The minimum absolute atomic E-state index is 0.447. The van der Waals surface area contributed by atoms with Crippen LogP contribution in [0.1, 0.15) is 0 Å². The first-order chi connectivity index (χ1) is 9.72. The van der Waals surface area contributed by atoms with Crippen molar-refractivity contribution in [2.45, 2.75) is 0 Å². The maximum absolute atomic E-state index is 11.5. The number of fused-ring (bicyclic) bond motifs is 4. The monoisotopic (exact) mass is 258 g/mol. The van der Waals surface area contributed by atoms with Gasteiger partial charge in [-0.15, -0.1) is 0 Å². The van der Waals surface area contributed by atoms with Crippen molar-refractivity contribution >= 4 is 45.3 Å². The number of hydrogen-bond acceptors (Lipinski definition) is 2. The van der Waals surface area contributed by atoms with Crippen LogP contribution in [-0.4, -0.2) is 11.6 Å². The van der Waals surface area contributed by atoms with Gasteiger partial charge in [0.25, 0.3) is 0 Å². The highest BCUT2D eigenvalue weighted by Gasteiger charge is 2.12. The van der Waals surface area contributed by atoms with Crippen LogP contribution in [0.15, 0.2) is 48.5 Å². The molecule has 0 aromatic heterocycles. The lowest BCUT2D eigenvalue weighted by atomic mass is 9.97. The SMILES string of the molecule is O=C1C=c2cc3ccc4ccccc4c3cc2=CC1=O. The van der Waals surface area contributed by atoms with Gasteiger partial charge in [0.15, 0.2) is 0 Å². The molecular weight excluding hydrogens is 248 g/mol. The smallest absolute Gasteiger partial charge is 0.226 e. The van der Waals surface area contributed by atoms with E-state index < -0.39 is 11.6 Å². The number of hydrogen-bond donors (Lipinski definition) is 0. The first-order valence-electron chi connectivity index (χ1n) is 6.46. The van der Waals surface area contributed by atoms with E-state index in [0.717, 1.165) is 26.6 Å². The maximum Gasteiger partial charge on any atom is 0.226 e. The summed E-state index contributed by atoms with van der Waals surface area (Å²) in [4.78, 5) is 23.0. The molecule has 3 aromatic carbocycles. The molecule has 0 aliphatic heterocycles. The zero-order valence-corrected chi connectivity index (χ0v) is 10.6. The van der Waals surface area contributed by atoms with Crippen LogP contribution < -0.4 is 10.4 Å². The third kappa shape index (κ3) is 1.51. The Hall–Kier alpha value is -2.74. The van der Waals surface area contributed by atoms with Crippen LogP contribution in [0.3, 0.4) is 0 Å². The summed E-state index contributed by atoms with van der Waals surface area (Å²) in [6.07, 6.45) is 2.85. The van der Waals surface area contributed by atoms with Gasteiger partial charge in [-0.2, -0.15) is 0 Å². The Morgan fingerprint density at radius 3 is 2.05 bits per heavy atom. The van der Waals surface area contributed by atoms with Crippen LogP contribution in [0.4, 0.5) is 0 Å². The minimum Gasteiger partial charge on any atom is -0.286 e. The van der Waals surface area contributed by atoms with E-state index in [9.17, 15) is 9.59 Å². The molecule has 2 heteroatoms. The van der Waals surface area contributed by atoms with Crippen molar-refractivity contribution in [3.05, 3.63) is 59.0 Å². The Morgan fingerprint density at radius 1 is 0.600 bits per heavy atom. The van der Waals surface area contributed by atoms with E-state index in [4.69, 9.17) is 0 Å². The molecule has 0 fully saturated rings. The Balaban J connectivity index is 2.24. The van der Waals surface area contributed by atoms with E-state index in [1.807, 2.05) is 30.3 Å². The van der Waals surface area contributed by atoms with Crippen molar-refractivity contribution < 1.29 is 9.59 Å². The van der Waals surface area contributed by atoms with Crippen LogP contribution in [0.5, 0.6) is 0 Å². The molecule has 0 N–H and O–H groups in total. The van der Waals surface area contributed by atoms with Crippen LogP contribution in [-0.2, 0) is 9.59 Å². The van der Waals surface area contributed by atoms with Gasteiger partial charge >= 0.3 is 0 Å². The molecule has 0 atom stereocenters. The normalized spacial score (nSPS) is 14.0. The molecule has 0 heterocycles. The molecule has 0 saturated carbocycles. The van der Waals surface area contributed by atoms with Crippen molar-refractivity contribution in [1.82, 2.24) is 0 Å². The first kappa shape index (κ1) is 11.1. The maximum atomic E-state index is 11.5. The molecular formula is C18H10O2. The number of ketones is 2. The topological polar surface area (TPSA) is 34.1 Å². The number of benzene rings is 3. The highest BCUT2D eigenvalue weighted by molar-refractivity contribution is 6.57. The molecule has 0 bridgehead atoms. The molecule has 0 spiro atoms. The summed E-state index contributed by atoms with van der Waals surface area (Å²) >= 11 is 0. The lowest BCUT2D eigenvalue weighted by molar-refractivity contribution is -0.129. The fourth-order valence-corrected chi connectivity index (χ4v) is 2.76. The summed E-state index contributed by atoms with van der Waals surface area (Å²) in [6.45, 7) is 0. The van der Waals surface area contributed by atoms with E-state index >= 15 is 0 Å². The van der Waals surface area contributed by atoms with Gasteiger partial charge in [0.2, 0.25) is 11.6 Å². The summed E-state index contributed by atoms with van der Waals surface area (Å²) < 4.78 is 0. The Morgan fingerprint density at radius 2 is 1.25 bits per heavy atom. The standard InChI is InChI=1S/C18H10O2/c19-17-9-13-7-12-6-5-11-3-1-2-4-15(11)16(12)8-14(13)10-18(17)20/h1-10H. The van der Waals surface area contributed by atoms with Crippen molar-refractivity contribution in [2.75, 3.05) is 0 Å². The van der Waals surface area contributed by atoms with Crippen LogP contribution in [0.2, 0.25) is 0 Å². The molecule has 2 nitrogen and oxygen atoms in total. The summed E-state index contributed by atoms with van der Waals surface area (Å²) in [5.41, 5.74) is 0. The molecule has 1 aliphatic carbocycles. The lowest BCUT2D eigenvalue weighted by Gasteiger charge is -2.06. The Labute approximate surface area is 114 Å². The van der Waals surface area contributed by atoms with Gasteiger partial charge in [-0.05, 0) is 56.3 Å². The Kier molecular flexibility index (Phi) is 2.15. The van der Waals surface area contributed by atoms with Gasteiger partial charge < -0.3 is 0 Å². The van der Waals surface area contributed by atoms with Gasteiger partial charge in [0.1, 0.15) is 0 Å². The van der Waals surface area contributed by atoms with E-state index in [-0.39, 0.29) is 0 Å². The highest BCUT2D eigenvalue weighted by atomic mass is 16.2. The summed E-state index contributed by atoms with van der Waals surface area (Å²) in [5, 5.41) is 6.14. The van der Waals surface area contributed by atoms with Crippen molar-refractivity contribution in [3.8, 4) is 0 Å². The fraction of sp³-hybridized carbons (Fsp3) is 0. The van der Waals surface area contributed by atoms with Crippen LogP contribution in [0, 0.1) is 0 Å². The quantitative estimate of drug-likeness (QED) is 0.454. The molecule has 0 saturated heterocycles. The number of carbonyl (C=O) groups excluding carboxylic acids is 2. The number of rotatable bonds is 0. The lowest BCUT2D eigenvalue weighted by Crippen LogP contribution is -2.33. The van der Waals surface area contributed by atoms with Gasteiger partial charge in [-0.1, -0.05) is 36.4 Å². The van der Waals surface area contributed by atoms with Crippen molar-refractivity contribution in [1.29, 1.82) is 0 Å². The van der Waals surface area contributed by atoms with Gasteiger partial charge in [0, 0.05) is 0 Å². The van der Waals surface area contributed by atoms with Crippen molar-refractivity contribution in [3.63, 3.8) is 0 Å². The number of Topliss-reactive ketones (excluding diaryl/α,β-unsaturated/α-hetero) is 2. The van der Waals surface area contributed by atoms with E-state index in [0.29, 0.717) is 0 Å². The molecule has 3 aromatic rings.